The van der Waals surface area contributed by atoms with Gasteiger partial charge in [0.25, 0.3) is 5.56 Å². The zero-order valence-corrected chi connectivity index (χ0v) is 23.1. The van der Waals surface area contributed by atoms with Crippen LogP contribution in [0.1, 0.15) is 19.3 Å². The number of ether oxygens (including phenoxy) is 1. The van der Waals surface area contributed by atoms with Crippen LogP contribution in [0.3, 0.4) is 0 Å². The number of allylic oxidation sites excluding steroid dienone is 1. The Balaban J connectivity index is 1.13. The van der Waals surface area contributed by atoms with E-state index >= 15 is 0 Å². The van der Waals surface area contributed by atoms with Crippen molar-refractivity contribution in [1.29, 1.82) is 0 Å². The molecule has 3 aromatic rings. The predicted molar refractivity (Wildman–Crippen MR) is 148 cm³/mol. The number of hydrogen-bond acceptors (Lipinski definition) is 10. The van der Waals surface area contributed by atoms with Crippen LogP contribution in [-0.4, -0.2) is 62.9 Å². The van der Waals surface area contributed by atoms with E-state index in [9.17, 15) is 4.79 Å². The maximum Gasteiger partial charge on any atom is 0.262 e. The topological polar surface area (TPSA) is 102 Å². The number of methoxy groups -OCH3 is 1. The first-order chi connectivity index (χ1) is 18.0. The summed E-state index contributed by atoms with van der Waals surface area (Å²) >= 11 is 9.82. The number of aromatic nitrogens is 4. The fraction of sp³-hybridized carbons (Fsp3) is 0.440. The number of anilines is 1. The quantitative estimate of drug-likeness (QED) is 0.432. The molecule has 1 aliphatic carbocycles. The highest BCUT2D eigenvalue weighted by Crippen LogP contribution is 2.60. The van der Waals surface area contributed by atoms with Crippen LogP contribution in [0.2, 0.25) is 5.02 Å². The van der Waals surface area contributed by atoms with Gasteiger partial charge in [-0.25, -0.2) is 15.0 Å². The molecule has 2 N–H and O–H groups in total. The molecular formula is C25H28ClN7O2S2. The molecule has 4 heterocycles. The number of nitrogens with zero attached hydrogens (tertiary/aromatic N) is 6. The summed E-state index contributed by atoms with van der Waals surface area (Å²) in [5, 5.41) is 1.49. The van der Waals surface area contributed by atoms with Crippen LogP contribution in [0.15, 0.2) is 57.0 Å². The van der Waals surface area contributed by atoms with Crippen molar-refractivity contribution in [1.82, 2.24) is 23.8 Å². The fourth-order valence-corrected chi connectivity index (χ4v) is 7.40. The second-order valence-electron chi connectivity index (χ2n) is 9.64. The van der Waals surface area contributed by atoms with Crippen LogP contribution in [0, 0.1) is 5.41 Å². The lowest BCUT2D eigenvalue weighted by molar-refractivity contribution is 0.183. The zero-order chi connectivity index (χ0) is 25.7. The molecule has 0 amide bonds. The van der Waals surface area contributed by atoms with E-state index in [1.807, 2.05) is 18.3 Å². The summed E-state index contributed by atoms with van der Waals surface area (Å²) < 4.78 is 8.90. The Bertz CT molecular complexity index is 1440. The summed E-state index contributed by atoms with van der Waals surface area (Å²) in [5.41, 5.74) is 10.0. The number of rotatable bonds is 7. The van der Waals surface area contributed by atoms with Crippen molar-refractivity contribution in [3.8, 4) is 0 Å². The smallest absolute Gasteiger partial charge is 0.262 e. The van der Waals surface area contributed by atoms with Gasteiger partial charge in [0.05, 0.1) is 65.2 Å². The van der Waals surface area contributed by atoms with Crippen molar-refractivity contribution in [2.75, 3.05) is 38.0 Å². The Kier molecular flexibility index (Phi) is 6.60. The van der Waals surface area contributed by atoms with E-state index < -0.39 is 0 Å². The molecule has 1 fully saturated rings. The molecule has 1 unspecified atom stereocenters. The molecule has 2 aliphatic heterocycles. The van der Waals surface area contributed by atoms with Gasteiger partial charge in [0.15, 0.2) is 0 Å². The first-order valence-corrected chi connectivity index (χ1v) is 14.6. The first kappa shape index (κ1) is 25.0. The molecule has 1 atom stereocenters. The number of halogens is 1. The van der Waals surface area contributed by atoms with Crippen molar-refractivity contribution in [2.24, 2.45) is 11.1 Å². The number of piperidine rings is 2. The van der Waals surface area contributed by atoms with Crippen molar-refractivity contribution in [2.45, 2.75) is 41.8 Å². The van der Waals surface area contributed by atoms with Gasteiger partial charge in [-0.2, -0.15) is 0 Å². The first-order valence-electron chi connectivity index (χ1n) is 12.2. The van der Waals surface area contributed by atoms with Crippen molar-refractivity contribution >= 4 is 52.0 Å². The van der Waals surface area contributed by atoms with Gasteiger partial charge in [0, 0.05) is 36.8 Å². The normalized spacial score (nSPS) is 20.3. The summed E-state index contributed by atoms with van der Waals surface area (Å²) in [5.74, 6) is 0.872. The second-order valence-corrected chi connectivity index (χ2v) is 11.8. The molecule has 1 spiro atoms. The van der Waals surface area contributed by atoms with Gasteiger partial charge < -0.3 is 15.4 Å². The molecule has 12 heteroatoms. The Morgan fingerprint density at radius 2 is 2.03 bits per heavy atom. The van der Waals surface area contributed by atoms with Crippen LogP contribution in [0.25, 0.3) is 10.9 Å². The monoisotopic (exact) mass is 557 g/mol. The summed E-state index contributed by atoms with van der Waals surface area (Å²) in [6.45, 7) is 2.68. The predicted octanol–water partition coefficient (Wildman–Crippen LogP) is 3.76. The fourth-order valence-electron chi connectivity index (χ4n) is 5.53. The molecule has 0 saturated carbocycles. The van der Waals surface area contributed by atoms with Gasteiger partial charge in [-0.15, -0.1) is 0 Å². The van der Waals surface area contributed by atoms with Crippen LogP contribution < -0.4 is 16.2 Å². The minimum atomic E-state index is -0.184. The van der Waals surface area contributed by atoms with E-state index in [-0.39, 0.29) is 17.0 Å². The van der Waals surface area contributed by atoms with Gasteiger partial charge in [0.1, 0.15) is 10.8 Å². The van der Waals surface area contributed by atoms with Gasteiger partial charge in [-0.3, -0.25) is 13.7 Å². The van der Waals surface area contributed by atoms with Crippen molar-refractivity contribution in [3.05, 3.63) is 57.6 Å². The second kappa shape index (κ2) is 9.77. The number of fused-ring (bicyclic) bond motifs is 1. The van der Waals surface area contributed by atoms with Crippen LogP contribution >= 0.6 is 35.3 Å². The van der Waals surface area contributed by atoms with E-state index in [0.29, 0.717) is 34.1 Å². The Labute approximate surface area is 228 Å². The maximum atomic E-state index is 13.0. The molecule has 0 bridgehead atoms. The molecular weight excluding hydrogens is 530 g/mol. The standard InChI is InChI=1S/C25H28ClN7O2S2/c1-35-10-9-32-14-30-15-3-4-17(21(26)20(15)24(32)34)37-19-13-28-18(12-29-19)31-7-5-25(6-8-31)11-16-22(23(25)27)33(16)36-2/h3-4,12-14,23H,5-11,27H2,1-2H3. The lowest BCUT2D eigenvalue weighted by Gasteiger charge is -2.44. The summed E-state index contributed by atoms with van der Waals surface area (Å²) in [6.07, 6.45) is 10.4. The minimum absolute atomic E-state index is 0.146. The summed E-state index contributed by atoms with van der Waals surface area (Å²) in [7, 11) is 1.60. The third kappa shape index (κ3) is 4.30. The molecule has 9 nitrogen and oxygen atoms in total. The highest BCUT2D eigenvalue weighted by molar-refractivity contribution is 7.99. The minimum Gasteiger partial charge on any atom is -0.383 e. The number of hydrogen-bond donors (Lipinski definition) is 1. The SMILES string of the molecule is COCCn1cnc2ccc(Sc3cnc(N4CCC5(CC4)CC4=C(C5N)N4SC)cn3)c(Cl)c2c1=O. The molecule has 1 saturated heterocycles. The van der Waals surface area contributed by atoms with Crippen molar-refractivity contribution in [3.63, 3.8) is 0 Å². The van der Waals surface area contributed by atoms with Gasteiger partial charge in [0.2, 0.25) is 0 Å². The van der Waals surface area contributed by atoms with Crippen LogP contribution in [0.4, 0.5) is 5.82 Å². The zero-order valence-electron chi connectivity index (χ0n) is 20.7. The molecule has 194 valence electrons. The summed E-state index contributed by atoms with van der Waals surface area (Å²) in [4.78, 5) is 29.7. The average Bonchev–Trinajstić information content (AvgIpc) is 3.54. The molecule has 6 rings (SSSR count). The third-order valence-electron chi connectivity index (χ3n) is 7.71. The van der Waals surface area contributed by atoms with E-state index in [4.69, 9.17) is 27.1 Å². The molecule has 37 heavy (non-hydrogen) atoms. The molecule has 2 aromatic heterocycles. The van der Waals surface area contributed by atoms with Crippen LogP contribution in [-0.2, 0) is 11.3 Å². The van der Waals surface area contributed by atoms with Gasteiger partial charge >= 0.3 is 0 Å². The van der Waals surface area contributed by atoms with Crippen LogP contribution in [0.5, 0.6) is 0 Å². The van der Waals surface area contributed by atoms with Crippen molar-refractivity contribution < 1.29 is 4.74 Å². The Hall–Kier alpha value is -2.31. The third-order valence-corrected chi connectivity index (χ3v) is 9.98. The largest absolute Gasteiger partial charge is 0.383 e. The Morgan fingerprint density at radius 3 is 2.68 bits per heavy atom. The molecule has 3 aliphatic rings. The van der Waals surface area contributed by atoms with E-state index in [1.54, 1.807) is 25.3 Å². The highest BCUT2D eigenvalue weighted by Gasteiger charge is 2.57. The molecule has 1 aromatic carbocycles. The lowest BCUT2D eigenvalue weighted by atomic mass is 9.72. The average molecular weight is 558 g/mol. The van der Waals surface area contributed by atoms with E-state index in [0.717, 1.165) is 43.1 Å². The molecule has 0 radical (unpaired) electrons. The van der Waals surface area contributed by atoms with Gasteiger partial charge in [-0.05, 0) is 43.3 Å². The number of benzene rings is 1. The highest BCUT2D eigenvalue weighted by atomic mass is 35.5. The Morgan fingerprint density at radius 1 is 1.22 bits per heavy atom. The lowest BCUT2D eigenvalue weighted by Crippen LogP contribution is -2.50. The van der Waals surface area contributed by atoms with E-state index in [1.165, 1.54) is 34.1 Å². The number of nitrogens with two attached hydrogens (primary N) is 1. The van der Waals surface area contributed by atoms with Gasteiger partial charge in [-0.1, -0.05) is 23.4 Å². The maximum absolute atomic E-state index is 13.0. The van der Waals surface area contributed by atoms with E-state index in [2.05, 4.69) is 25.4 Å². The summed E-state index contributed by atoms with van der Waals surface area (Å²) in [6, 6.07) is 3.82.